The Kier molecular flexibility index (Phi) is 20.5. The Morgan fingerprint density at radius 2 is 1.28 bits per heavy atom. The molecule has 11 N–H and O–H groups in total. The minimum atomic E-state index is -1.08. The third-order valence-corrected chi connectivity index (χ3v) is 7.09. The molecule has 2 aromatic carbocycles. The standard InChI is InChI=1S/C19H26N4O3.C17H24N4O3/c1-3-7-16(18(24)26-4-2)23-19(25)22-13-6-5-8-14-9-11-15(12-10-14)17(20)21;1-2-5-14(16(22)23)21-17(24)20-11-4-3-6-12-7-9-13(10-8-12)15(18)19/h1,9-12,16H,4-8,13H2,2H3,(H3,20,21)(H2,22,23,25);2,7-10,14H,1,3-6,11H2,(H3,18,19)(H,22,23)(H2,20,21,24). The number of ether oxygens (including phenoxy) is 1. The number of benzene rings is 2. The summed E-state index contributed by atoms with van der Waals surface area (Å²) in [5.41, 5.74) is 14.5. The molecule has 2 rings (SSSR count). The molecule has 0 saturated heterocycles. The first-order chi connectivity index (χ1) is 23.9. The van der Waals surface area contributed by atoms with Crippen LogP contribution in [-0.4, -0.2) is 72.6 Å². The summed E-state index contributed by atoms with van der Waals surface area (Å²) in [6, 6.07) is 12.3. The number of aryl methyl sites for hydroxylation is 2. The van der Waals surface area contributed by atoms with Crippen LogP contribution in [0.3, 0.4) is 0 Å². The van der Waals surface area contributed by atoms with Gasteiger partial charge < -0.3 is 42.6 Å². The number of carboxylic acid groups (broad SMARTS) is 1. The van der Waals surface area contributed by atoms with Gasteiger partial charge in [0.25, 0.3) is 0 Å². The van der Waals surface area contributed by atoms with Gasteiger partial charge in [-0.15, -0.1) is 18.9 Å². The Morgan fingerprint density at radius 3 is 1.64 bits per heavy atom. The minimum absolute atomic E-state index is 0.0490. The summed E-state index contributed by atoms with van der Waals surface area (Å²) < 4.78 is 4.87. The second-order valence-corrected chi connectivity index (χ2v) is 11.1. The SMILES string of the molecule is C#CCC(NC(=O)NCCCCc1ccc(C(=N)N)cc1)C(=O)OCC.C=CCC(NC(=O)NCCCCc1ccc(C(=N)N)cc1)C(=O)O. The van der Waals surface area contributed by atoms with Gasteiger partial charge in [0.1, 0.15) is 23.8 Å². The summed E-state index contributed by atoms with van der Waals surface area (Å²) in [7, 11) is 0. The van der Waals surface area contributed by atoms with Crippen LogP contribution in [0, 0.1) is 23.2 Å². The van der Waals surface area contributed by atoms with Crippen molar-refractivity contribution in [1.82, 2.24) is 21.3 Å². The zero-order valence-corrected chi connectivity index (χ0v) is 28.6. The van der Waals surface area contributed by atoms with Crippen LogP contribution >= 0.6 is 0 Å². The number of unbranched alkanes of at least 4 members (excludes halogenated alkanes) is 2. The Hall–Kier alpha value is -5.84. The number of amides is 4. The third-order valence-electron chi connectivity index (χ3n) is 7.09. The van der Waals surface area contributed by atoms with Crippen LogP contribution in [0.4, 0.5) is 9.59 Å². The number of rotatable bonds is 20. The van der Waals surface area contributed by atoms with E-state index in [2.05, 4.69) is 33.8 Å². The Labute approximate surface area is 293 Å². The van der Waals surface area contributed by atoms with Crippen LogP contribution in [0.1, 0.15) is 67.7 Å². The summed E-state index contributed by atoms with van der Waals surface area (Å²) in [5, 5.41) is 33.9. The quantitative estimate of drug-likeness (QED) is 0.0249. The lowest BCUT2D eigenvalue weighted by atomic mass is 10.1. The van der Waals surface area contributed by atoms with Crippen molar-refractivity contribution in [3.05, 3.63) is 83.4 Å². The van der Waals surface area contributed by atoms with Crippen molar-refractivity contribution in [3.8, 4) is 12.3 Å². The lowest BCUT2D eigenvalue weighted by Gasteiger charge is -2.15. The fourth-order valence-electron chi connectivity index (χ4n) is 4.37. The van der Waals surface area contributed by atoms with Crippen LogP contribution in [0.15, 0.2) is 61.2 Å². The smallest absolute Gasteiger partial charge is 0.329 e. The van der Waals surface area contributed by atoms with Gasteiger partial charge in [0, 0.05) is 30.6 Å². The highest BCUT2D eigenvalue weighted by atomic mass is 16.5. The molecule has 0 saturated carbocycles. The number of amidine groups is 2. The molecule has 0 aliphatic carbocycles. The molecular formula is C36H50N8O6. The van der Waals surface area contributed by atoms with Gasteiger partial charge in [-0.3, -0.25) is 10.8 Å². The predicted octanol–water partition coefficient (Wildman–Crippen LogP) is 3.17. The van der Waals surface area contributed by atoms with Crippen molar-refractivity contribution in [2.75, 3.05) is 19.7 Å². The Morgan fingerprint density at radius 1 is 0.840 bits per heavy atom. The number of carbonyl (C=O) groups excluding carboxylic acids is 3. The largest absolute Gasteiger partial charge is 0.480 e. The number of urea groups is 2. The van der Waals surface area contributed by atoms with Crippen LogP contribution in [0.25, 0.3) is 0 Å². The summed E-state index contributed by atoms with van der Waals surface area (Å²) in [6.45, 7) is 6.35. The molecule has 4 amide bonds. The number of terminal acetylenes is 1. The molecule has 2 unspecified atom stereocenters. The Balaban J connectivity index is 0.000000502. The first-order valence-corrected chi connectivity index (χ1v) is 16.3. The topological polar surface area (TPSA) is 246 Å². The molecule has 270 valence electrons. The van der Waals surface area contributed by atoms with Gasteiger partial charge in [0.05, 0.1) is 6.61 Å². The van der Waals surface area contributed by atoms with E-state index in [1.54, 1.807) is 6.92 Å². The van der Waals surface area contributed by atoms with Gasteiger partial charge in [-0.2, -0.15) is 0 Å². The number of nitrogens with one attached hydrogen (secondary N) is 6. The maximum Gasteiger partial charge on any atom is 0.329 e. The van der Waals surface area contributed by atoms with Crippen molar-refractivity contribution in [1.29, 1.82) is 10.8 Å². The monoisotopic (exact) mass is 690 g/mol. The summed E-state index contributed by atoms with van der Waals surface area (Å²) in [6.07, 6.45) is 12.0. The lowest BCUT2D eigenvalue weighted by molar-refractivity contribution is -0.145. The fourth-order valence-corrected chi connectivity index (χ4v) is 4.37. The highest BCUT2D eigenvalue weighted by Crippen LogP contribution is 2.09. The number of aliphatic carboxylic acids is 1. The first-order valence-electron chi connectivity index (χ1n) is 16.3. The zero-order chi connectivity index (χ0) is 37.3. The molecule has 0 spiro atoms. The molecule has 0 aromatic heterocycles. The maximum absolute atomic E-state index is 11.8. The molecule has 2 aromatic rings. The van der Waals surface area contributed by atoms with Gasteiger partial charge in [0.15, 0.2) is 0 Å². The van der Waals surface area contributed by atoms with Gasteiger partial charge in [-0.1, -0.05) is 54.6 Å². The van der Waals surface area contributed by atoms with Crippen molar-refractivity contribution >= 4 is 35.7 Å². The van der Waals surface area contributed by atoms with Crippen LogP contribution in [-0.2, 0) is 27.2 Å². The van der Waals surface area contributed by atoms with Gasteiger partial charge in [-0.05, 0) is 63.0 Å². The number of hydrogen-bond acceptors (Lipinski definition) is 7. The molecule has 0 heterocycles. The summed E-state index contributed by atoms with van der Waals surface area (Å²) >= 11 is 0. The number of esters is 1. The number of hydrogen-bond donors (Lipinski definition) is 9. The van der Waals surface area contributed by atoms with Crippen LogP contribution < -0.4 is 32.7 Å². The minimum Gasteiger partial charge on any atom is -0.480 e. The highest BCUT2D eigenvalue weighted by molar-refractivity contribution is 5.95. The van der Waals surface area contributed by atoms with Crippen LogP contribution in [0.2, 0.25) is 0 Å². The van der Waals surface area contributed by atoms with E-state index in [1.807, 2.05) is 48.5 Å². The molecule has 50 heavy (non-hydrogen) atoms. The first kappa shape index (κ1) is 42.2. The molecule has 14 nitrogen and oxygen atoms in total. The number of carboxylic acids is 1. The van der Waals surface area contributed by atoms with Crippen molar-refractivity contribution < 1.29 is 29.0 Å². The molecule has 2 atom stereocenters. The Bertz CT molecular complexity index is 1450. The average molecular weight is 691 g/mol. The second kappa shape index (κ2) is 24.3. The van der Waals surface area contributed by atoms with Gasteiger partial charge in [0.2, 0.25) is 0 Å². The highest BCUT2D eigenvalue weighted by Gasteiger charge is 2.21. The van der Waals surface area contributed by atoms with E-state index in [1.165, 1.54) is 6.08 Å². The molecule has 0 aliphatic rings. The van der Waals surface area contributed by atoms with Crippen LogP contribution in [0.5, 0.6) is 0 Å². The molecule has 14 heteroatoms. The average Bonchev–Trinajstić information content (AvgIpc) is 3.08. The van der Waals surface area contributed by atoms with E-state index < -0.39 is 36.1 Å². The molecular weight excluding hydrogens is 640 g/mol. The normalized spacial score (nSPS) is 11.2. The summed E-state index contributed by atoms with van der Waals surface area (Å²) in [4.78, 5) is 46.1. The molecule has 0 bridgehead atoms. The van der Waals surface area contributed by atoms with Crippen molar-refractivity contribution in [2.45, 2.75) is 70.4 Å². The zero-order valence-electron chi connectivity index (χ0n) is 28.6. The number of carbonyl (C=O) groups is 4. The van der Waals surface area contributed by atoms with E-state index in [0.717, 1.165) is 49.7 Å². The maximum atomic E-state index is 11.8. The van der Waals surface area contributed by atoms with Gasteiger partial charge >= 0.3 is 24.0 Å². The number of nitrogens with two attached hydrogens (primary N) is 2. The number of nitrogen functional groups attached to an aromatic ring is 2. The van der Waals surface area contributed by atoms with E-state index >= 15 is 0 Å². The summed E-state index contributed by atoms with van der Waals surface area (Å²) in [5.74, 6) is 0.839. The second-order valence-electron chi connectivity index (χ2n) is 11.1. The molecule has 0 radical (unpaired) electrons. The van der Waals surface area contributed by atoms with Crippen molar-refractivity contribution in [3.63, 3.8) is 0 Å². The fraction of sp³-hybridized carbons (Fsp3) is 0.389. The van der Waals surface area contributed by atoms with E-state index in [-0.39, 0.29) is 31.1 Å². The molecule has 0 aliphatic heterocycles. The predicted molar refractivity (Wildman–Crippen MR) is 194 cm³/mol. The van der Waals surface area contributed by atoms with E-state index in [0.29, 0.717) is 24.2 Å². The molecule has 0 fully saturated rings. The van der Waals surface area contributed by atoms with E-state index in [9.17, 15) is 19.2 Å². The third kappa shape index (κ3) is 17.9. The van der Waals surface area contributed by atoms with E-state index in [4.69, 9.17) is 38.6 Å². The van der Waals surface area contributed by atoms with Gasteiger partial charge in [-0.25, -0.2) is 19.2 Å². The lowest BCUT2D eigenvalue weighted by Crippen LogP contribution is -2.46. The van der Waals surface area contributed by atoms with Crippen molar-refractivity contribution in [2.24, 2.45) is 11.5 Å².